The first-order chi connectivity index (χ1) is 9.63. The molecule has 2 heterocycles. The van der Waals surface area contributed by atoms with Crippen LogP contribution in [-0.4, -0.2) is 26.4 Å². The molecule has 3 heteroatoms. The Labute approximate surface area is 121 Å². The van der Waals surface area contributed by atoms with Gasteiger partial charge in [0.25, 0.3) is 0 Å². The third-order valence-electron chi connectivity index (χ3n) is 5.01. The zero-order valence-corrected chi connectivity index (χ0v) is 12.9. The second-order valence-corrected chi connectivity index (χ2v) is 6.22. The Morgan fingerprint density at radius 3 is 2.60 bits per heavy atom. The van der Waals surface area contributed by atoms with Crippen LogP contribution in [0.25, 0.3) is 0 Å². The molecule has 0 saturated carbocycles. The molecule has 0 amide bonds. The second-order valence-electron chi connectivity index (χ2n) is 6.22. The monoisotopic (exact) mass is 275 g/mol. The van der Waals surface area contributed by atoms with Gasteiger partial charge in [-0.1, -0.05) is 6.07 Å². The third-order valence-corrected chi connectivity index (χ3v) is 5.01. The minimum atomic E-state index is 0.384. The van der Waals surface area contributed by atoms with Crippen LogP contribution in [0.3, 0.4) is 0 Å². The fourth-order valence-corrected chi connectivity index (χ4v) is 4.00. The predicted octanol–water partition coefficient (Wildman–Crippen LogP) is 3.14. The molecule has 110 valence electrons. The van der Waals surface area contributed by atoms with Gasteiger partial charge in [-0.15, -0.1) is 0 Å². The largest absolute Gasteiger partial charge is 0.496 e. The molecule has 2 bridgehead atoms. The number of methoxy groups -OCH3 is 1. The van der Waals surface area contributed by atoms with Gasteiger partial charge in [-0.05, 0) is 62.9 Å². The second kappa shape index (κ2) is 5.38. The van der Waals surface area contributed by atoms with Gasteiger partial charge in [0.2, 0.25) is 0 Å². The Hall–Kier alpha value is -1.06. The number of hydrogen-bond acceptors (Lipinski definition) is 3. The number of ether oxygens (including phenoxy) is 2. The fourth-order valence-electron chi connectivity index (χ4n) is 4.00. The lowest BCUT2D eigenvalue weighted by Crippen LogP contribution is -2.32. The predicted molar refractivity (Wildman–Crippen MR) is 80.3 cm³/mol. The summed E-state index contributed by atoms with van der Waals surface area (Å²) < 4.78 is 11.5. The van der Waals surface area contributed by atoms with E-state index < -0.39 is 0 Å². The summed E-state index contributed by atoms with van der Waals surface area (Å²) in [6.07, 6.45) is 4.61. The van der Waals surface area contributed by atoms with Crippen molar-refractivity contribution < 1.29 is 9.47 Å². The molecule has 1 aromatic carbocycles. The van der Waals surface area contributed by atoms with E-state index in [0.717, 1.165) is 5.75 Å². The lowest BCUT2D eigenvalue weighted by molar-refractivity contribution is 0.0862. The van der Waals surface area contributed by atoms with Gasteiger partial charge >= 0.3 is 0 Å². The summed E-state index contributed by atoms with van der Waals surface area (Å²) in [5, 5.41) is 3.53. The average molecular weight is 275 g/mol. The summed E-state index contributed by atoms with van der Waals surface area (Å²) in [5.74, 6) is 1.58. The number of benzene rings is 1. The Balaban J connectivity index is 1.91. The van der Waals surface area contributed by atoms with Crippen LogP contribution in [0.2, 0.25) is 0 Å². The van der Waals surface area contributed by atoms with E-state index in [1.165, 1.54) is 36.0 Å². The lowest BCUT2D eigenvalue weighted by Gasteiger charge is -2.30. The molecule has 0 radical (unpaired) electrons. The molecule has 1 aromatic rings. The zero-order chi connectivity index (χ0) is 14.3. The van der Waals surface area contributed by atoms with E-state index in [2.05, 4.69) is 38.3 Å². The van der Waals surface area contributed by atoms with Crippen LogP contribution >= 0.6 is 0 Å². The molecular formula is C17H25NO2. The highest BCUT2D eigenvalue weighted by Gasteiger charge is 2.44. The summed E-state index contributed by atoms with van der Waals surface area (Å²) in [7, 11) is 3.80. The van der Waals surface area contributed by atoms with Crippen molar-refractivity contribution in [1.29, 1.82) is 0 Å². The van der Waals surface area contributed by atoms with Gasteiger partial charge in [0, 0.05) is 12.0 Å². The molecule has 1 N–H and O–H groups in total. The maximum atomic E-state index is 6.04. The molecule has 0 aliphatic carbocycles. The first kappa shape index (κ1) is 13.9. The van der Waals surface area contributed by atoms with Crippen LogP contribution in [-0.2, 0) is 4.74 Å². The average Bonchev–Trinajstić information content (AvgIpc) is 3.05. The van der Waals surface area contributed by atoms with Gasteiger partial charge in [-0.25, -0.2) is 0 Å². The van der Waals surface area contributed by atoms with Crippen LogP contribution in [0.5, 0.6) is 5.75 Å². The van der Waals surface area contributed by atoms with Gasteiger partial charge in [-0.2, -0.15) is 0 Å². The molecule has 3 nitrogen and oxygen atoms in total. The van der Waals surface area contributed by atoms with Gasteiger partial charge in [0.05, 0.1) is 19.3 Å². The minimum Gasteiger partial charge on any atom is -0.496 e. The molecular weight excluding hydrogens is 250 g/mol. The third kappa shape index (κ3) is 2.23. The lowest BCUT2D eigenvalue weighted by atomic mass is 9.79. The van der Waals surface area contributed by atoms with Crippen molar-refractivity contribution in [1.82, 2.24) is 5.32 Å². The Bertz CT molecular complexity index is 500. The minimum absolute atomic E-state index is 0.384. The molecule has 2 aliphatic heterocycles. The van der Waals surface area contributed by atoms with Gasteiger partial charge in [0.15, 0.2) is 0 Å². The van der Waals surface area contributed by atoms with Crippen LogP contribution in [0, 0.1) is 19.8 Å². The van der Waals surface area contributed by atoms with Crippen molar-refractivity contribution in [2.75, 3.05) is 14.2 Å². The quantitative estimate of drug-likeness (QED) is 0.915. The van der Waals surface area contributed by atoms with E-state index in [9.17, 15) is 0 Å². The first-order valence-corrected chi connectivity index (χ1v) is 7.62. The maximum absolute atomic E-state index is 6.04. The summed E-state index contributed by atoms with van der Waals surface area (Å²) in [5.41, 5.74) is 3.90. The number of fused-ring (bicyclic) bond motifs is 2. The molecule has 2 fully saturated rings. The van der Waals surface area contributed by atoms with Crippen LogP contribution in [0.15, 0.2) is 12.1 Å². The smallest absolute Gasteiger partial charge is 0.122 e. The molecule has 4 unspecified atom stereocenters. The molecule has 20 heavy (non-hydrogen) atoms. The highest BCUT2D eigenvalue weighted by atomic mass is 16.5. The summed E-state index contributed by atoms with van der Waals surface area (Å²) in [6, 6.07) is 4.82. The Morgan fingerprint density at radius 2 is 2.05 bits per heavy atom. The van der Waals surface area contributed by atoms with E-state index in [1.807, 2.05) is 0 Å². The number of aryl methyl sites for hydroxylation is 2. The van der Waals surface area contributed by atoms with Gasteiger partial charge in [0.1, 0.15) is 5.75 Å². The molecule has 3 rings (SSSR count). The molecule has 0 aromatic heterocycles. The van der Waals surface area contributed by atoms with Crippen molar-refractivity contribution in [3.63, 3.8) is 0 Å². The SMILES string of the molecule is CNC(c1cc(C)c(OC)cc1C)C1CC2CCC1O2. The summed E-state index contributed by atoms with van der Waals surface area (Å²) >= 11 is 0. The topological polar surface area (TPSA) is 30.5 Å². The number of rotatable bonds is 4. The Morgan fingerprint density at radius 1 is 1.25 bits per heavy atom. The first-order valence-electron chi connectivity index (χ1n) is 7.62. The van der Waals surface area contributed by atoms with Crippen LogP contribution in [0.1, 0.15) is 42.0 Å². The van der Waals surface area contributed by atoms with Crippen molar-refractivity contribution in [3.8, 4) is 5.75 Å². The van der Waals surface area contributed by atoms with E-state index in [1.54, 1.807) is 7.11 Å². The fraction of sp³-hybridized carbons (Fsp3) is 0.647. The van der Waals surface area contributed by atoms with Gasteiger partial charge < -0.3 is 14.8 Å². The van der Waals surface area contributed by atoms with E-state index >= 15 is 0 Å². The van der Waals surface area contributed by atoms with Crippen molar-refractivity contribution in [2.24, 2.45) is 5.92 Å². The zero-order valence-electron chi connectivity index (χ0n) is 12.9. The van der Waals surface area contributed by atoms with Gasteiger partial charge in [-0.3, -0.25) is 0 Å². The summed E-state index contributed by atoms with van der Waals surface area (Å²) in [4.78, 5) is 0. The normalized spacial score (nSPS) is 29.7. The van der Waals surface area contributed by atoms with Crippen molar-refractivity contribution >= 4 is 0 Å². The molecule has 4 atom stereocenters. The van der Waals surface area contributed by atoms with Crippen molar-refractivity contribution in [3.05, 3.63) is 28.8 Å². The van der Waals surface area contributed by atoms with Crippen LogP contribution in [0.4, 0.5) is 0 Å². The summed E-state index contributed by atoms with van der Waals surface area (Å²) in [6.45, 7) is 4.29. The standard InChI is InChI=1S/C17H25NO2/c1-10-8-16(19-4)11(2)7-13(10)17(18-3)14-9-12-5-6-15(14)20-12/h7-8,12,14-15,17-18H,5-6,9H2,1-4H3. The highest BCUT2D eigenvalue weighted by molar-refractivity contribution is 5.43. The Kier molecular flexibility index (Phi) is 3.74. The van der Waals surface area contributed by atoms with E-state index in [-0.39, 0.29) is 0 Å². The molecule has 2 aliphatic rings. The number of hydrogen-bond donors (Lipinski definition) is 1. The van der Waals surface area contributed by atoms with Crippen LogP contribution < -0.4 is 10.1 Å². The van der Waals surface area contributed by atoms with E-state index in [0.29, 0.717) is 24.2 Å². The number of nitrogens with one attached hydrogen (secondary N) is 1. The maximum Gasteiger partial charge on any atom is 0.122 e. The molecule has 2 saturated heterocycles. The highest BCUT2D eigenvalue weighted by Crippen LogP contribution is 2.45. The van der Waals surface area contributed by atoms with Crippen molar-refractivity contribution in [2.45, 2.75) is 51.4 Å². The molecule has 0 spiro atoms. The van der Waals surface area contributed by atoms with E-state index in [4.69, 9.17) is 9.47 Å².